The summed E-state index contributed by atoms with van der Waals surface area (Å²) in [5, 5.41) is 4.07. The Morgan fingerprint density at radius 2 is 1.81 bits per heavy atom. The average molecular weight is 359 g/mol. The van der Waals surface area contributed by atoms with Crippen LogP contribution >= 0.6 is 0 Å². The van der Waals surface area contributed by atoms with Gasteiger partial charge in [0.15, 0.2) is 0 Å². The summed E-state index contributed by atoms with van der Waals surface area (Å²) in [6, 6.07) is 7.57. The lowest BCUT2D eigenvalue weighted by Crippen LogP contribution is -2.48. The summed E-state index contributed by atoms with van der Waals surface area (Å²) in [5.41, 5.74) is 0.896. The molecule has 0 bridgehead atoms. The number of nitrogens with zero attached hydrogens (tertiary/aromatic N) is 5. The van der Waals surface area contributed by atoms with Gasteiger partial charge in [0.1, 0.15) is 5.75 Å². The highest BCUT2D eigenvalue weighted by atomic mass is 16.5. The van der Waals surface area contributed by atoms with Gasteiger partial charge >= 0.3 is 0 Å². The zero-order valence-electron chi connectivity index (χ0n) is 15.5. The van der Waals surface area contributed by atoms with Gasteiger partial charge < -0.3 is 14.2 Å². The number of likely N-dealkylation sites (N-methyl/N-ethyl adjacent to an activating group) is 1. The SMILES string of the molecule is COc1ccc(-c2noc(CN3CCN(CC(=O)N(C)C)CC3)n2)cc1. The highest BCUT2D eigenvalue weighted by Crippen LogP contribution is 2.20. The lowest BCUT2D eigenvalue weighted by atomic mass is 10.2. The molecule has 8 heteroatoms. The largest absolute Gasteiger partial charge is 0.497 e. The fourth-order valence-corrected chi connectivity index (χ4v) is 2.81. The van der Waals surface area contributed by atoms with Crippen LogP contribution in [0.2, 0.25) is 0 Å². The van der Waals surface area contributed by atoms with Crippen LogP contribution < -0.4 is 4.74 Å². The molecule has 0 radical (unpaired) electrons. The van der Waals surface area contributed by atoms with E-state index in [1.54, 1.807) is 26.1 Å². The van der Waals surface area contributed by atoms with E-state index < -0.39 is 0 Å². The molecule has 1 aliphatic rings. The van der Waals surface area contributed by atoms with Crippen molar-refractivity contribution in [1.29, 1.82) is 0 Å². The summed E-state index contributed by atoms with van der Waals surface area (Å²) in [7, 11) is 5.21. The van der Waals surface area contributed by atoms with Crippen molar-refractivity contribution in [2.75, 3.05) is 53.9 Å². The molecule has 26 heavy (non-hydrogen) atoms. The van der Waals surface area contributed by atoms with Crippen LogP contribution in [-0.2, 0) is 11.3 Å². The van der Waals surface area contributed by atoms with E-state index >= 15 is 0 Å². The molecular formula is C18H25N5O3. The van der Waals surface area contributed by atoms with Gasteiger partial charge in [-0.2, -0.15) is 4.98 Å². The van der Waals surface area contributed by atoms with E-state index in [1.807, 2.05) is 24.3 Å². The predicted molar refractivity (Wildman–Crippen MR) is 96.7 cm³/mol. The van der Waals surface area contributed by atoms with Gasteiger partial charge in [0, 0.05) is 45.8 Å². The number of amides is 1. The first-order chi connectivity index (χ1) is 12.5. The van der Waals surface area contributed by atoms with E-state index in [0.29, 0.717) is 24.8 Å². The third kappa shape index (κ3) is 4.59. The molecule has 1 saturated heterocycles. The van der Waals surface area contributed by atoms with Gasteiger partial charge in [0.25, 0.3) is 0 Å². The minimum Gasteiger partial charge on any atom is -0.497 e. The molecule has 2 aromatic rings. The van der Waals surface area contributed by atoms with E-state index in [9.17, 15) is 4.79 Å². The Hall–Kier alpha value is -2.45. The van der Waals surface area contributed by atoms with Crippen LogP contribution in [0.15, 0.2) is 28.8 Å². The molecule has 0 spiro atoms. The second-order valence-corrected chi connectivity index (χ2v) is 6.58. The fourth-order valence-electron chi connectivity index (χ4n) is 2.81. The third-order valence-electron chi connectivity index (χ3n) is 4.50. The summed E-state index contributed by atoms with van der Waals surface area (Å²) in [6.07, 6.45) is 0. The summed E-state index contributed by atoms with van der Waals surface area (Å²) < 4.78 is 10.6. The molecule has 3 rings (SSSR count). The molecule has 140 valence electrons. The Morgan fingerprint density at radius 3 is 2.42 bits per heavy atom. The maximum absolute atomic E-state index is 11.8. The van der Waals surface area contributed by atoms with Crippen molar-refractivity contribution < 1.29 is 14.1 Å². The Labute approximate surface area is 153 Å². The lowest BCUT2D eigenvalue weighted by Gasteiger charge is -2.33. The van der Waals surface area contributed by atoms with Crippen LogP contribution in [0.25, 0.3) is 11.4 Å². The zero-order valence-corrected chi connectivity index (χ0v) is 15.5. The molecule has 1 aliphatic heterocycles. The molecule has 8 nitrogen and oxygen atoms in total. The molecule has 0 N–H and O–H groups in total. The van der Waals surface area contributed by atoms with Gasteiger partial charge in [0.2, 0.25) is 17.6 Å². The number of benzene rings is 1. The number of methoxy groups -OCH3 is 1. The Morgan fingerprint density at radius 1 is 1.15 bits per heavy atom. The normalized spacial score (nSPS) is 15.8. The smallest absolute Gasteiger partial charge is 0.241 e. The van der Waals surface area contributed by atoms with Crippen LogP contribution in [0.1, 0.15) is 5.89 Å². The average Bonchev–Trinajstić information content (AvgIpc) is 3.12. The maximum atomic E-state index is 11.8. The van der Waals surface area contributed by atoms with Crippen LogP contribution in [0.3, 0.4) is 0 Å². The minimum absolute atomic E-state index is 0.138. The summed E-state index contributed by atoms with van der Waals surface area (Å²) in [6.45, 7) is 4.57. The summed E-state index contributed by atoms with van der Waals surface area (Å²) >= 11 is 0. The van der Waals surface area contributed by atoms with E-state index in [4.69, 9.17) is 9.26 Å². The standard InChI is InChI=1S/C18H25N5O3/c1-21(2)17(24)13-23-10-8-22(9-11-23)12-16-19-18(20-26-16)14-4-6-15(25-3)7-5-14/h4-7H,8-13H2,1-3H3. The Kier molecular flexibility index (Phi) is 5.85. The van der Waals surface area contributed by atoms with Crippen molar-refractivity contribution in [2.24, 2.45) is 0 Å². The van der Waals surface area contributed by atoms with Gasteiger partial charge in [-0.25, -0.2) is 0 Å². The second-order valence-electron chi connectivity index (χ2n) is 6.58. The molecule has 1 aromatic heterocycles. The van der Waals surface area contributed by atoms with Crippen molar-refractivity contribution in [2.45, 2.75) is 6.54 Å². The second kappa shape index (κ2) is 8.29. The number of aromatic nitrogens is 2. The van der Waals surface area contributed by atoms with Crippen molar-refractivity contribution in [3.63, 3.8) is 0 Å². The molecule has 0 unspecified atom stereocenters. The molecule has 1 amide bonds. The number of ether oxygens (including phenoxy) is 1. The predicted octanol–water partition coefficient (Wildman–Crippen LogP) is 0.951. The molecule has 0 atom stereocenters. The van der Waals surface area contributed by atoms with E-state index in [1.165, 1.54) is 0 Å². The highest BCUT2D eigenvalue weighted by molar-refractivity contribution is 5.77. The first-order valence-electron chi connectivity index (χ1n) is 8.67. The molecule has 0 saturated carbocycles. The molecule has 0 aliphatic carbocycles. The monoisotopic (exact) mass is 359 g/mol. The minimum atomic E-state index is 0.138. The molecular weight excluding hydrogens is 334 g/mol. The first-order valence-corrected chi connectivity index (χ1v) is 8.67. The highest BCUT2D eigenvalue weighted by Gasteiger charge is 2.21. The number of piperazine rings is 1. The van der Waals surface area contributed by atoms with Gasteiger partial charge in [0.05, 0.1) is 20.2 Å². The van der Waals surface area contributed by atoms with Gasteiger partial charge in [-0.05, 0) is 24.3 Å². The topological polar surface area (TPSA) is 74.9 Å². The zero-order chi connectivity index (χ0) is 18.5. The van der Waals surface area contributed by atoms with Gasteiger partial charge in [-0.15, -0.1) is 0 Å². The Balaban J connectivity index is 1.51. The number of hydrogen-bond acceptors (Lipinski definition) is 7. The summed E-state index contributed by atoms with van der Waals surface area (Å²) in [5.74, 6) is 2.12. The molecule has 1 aromatic carbocycles. The van der Waals surface area contributed by atoms with Gasteiger partial charge in [-0.1, -0.05) is 5.16 Å². The van der Waals surface area contributed by atoms with Crippen LogP contribution in [0.5, 0.6) is 5.75 Å². The fraction of sp³-hybridized carbons (Fsp3) is 0.500. The van der Waals surface area contributed by atoms with Crippen LogP contribution in [-0.4, -0.2) is 84.7 Å². The van der Waals surface area contributed by atoms with Crippen molar-refractivity contribution in [3.05, 3.63) is 30.2 Å². The van der Waals surface area contributed by atoms with Crippen molar-refractivity contribution >= 4 is 5.91 Å². The number of rotatable bonds is 6. The van der Waals surface area contributed by atoms with Crippen LogP contribution in [0.4, 0.5) is 0 Å². The third-order valence-corrected chi connectivity index (χ3v) is 4.50. The quantitative estimate of drug-likeness (QED) is 0.760. The van der Waals surface area contributed by atoms with Gasteiger partial charge in [-0.3, -0.25) is 14.6 Å². The lowest BCUT2D eigenvalue weighted by molar-refractivity contribution is -0.130. The molecule has 1 fully saturated rings. The Bertz CT molecular complexity index is 721. The summed E-state index contributed by atoms with van der Waals surface area (Å²) in [4.78, 5) is 22.3. The van der Waals surface area contributed by atoms with E-state index in [2.05, 4.69) is 19.9 Å². The van der Waals surface area contributed by atoms with E-state index in [-0.39, 0.29) is 5.91 Å². The maximum Gasteiger partial charge on any atom is 0.241 e. The first kappa shape index (κ1) is 18.3. The van der Waals surface area contributed by atoms with Crippen molar-refractivity contribution in [3.8, 4) is 17.1 Å². The number of carbonyl (C=O) groups is 1. The number of carbonyl (C=O) groups excluding carboxylic acids is 1. The molecule has 2 heterocycles. The van der Waals surface area contributed by atoms with Crippen LogP contribution in [0, 0.1) is 0 Å². The van der Waals surface area contributed by atoms with Crippen molar-refractivity contribution in [1.82, 2.24) is 24.8 Å². The number of hydrogen-bond donors (Lipinski definition) is 0. The van der Waals surface area contributed by atoms with E-state index in [0.717, 1.165) is 37.5 Å².